The van der Waals surface area contributed by atoms with E-state index in [2.05, 4.69) is 0 Å². The van der Waals surface area contributed by atoms with Gasteiger partial charge in [-0.15, -0.1) is 0 Å². The molecule has 0 saturated carbocycles. The van der Waals surface area contributed by atoms with Gasteiger partial charge in [0.1, 0.15) is 5.92 Å². The Labute approximate surface area is 187 Å². The maximum absolute atomic E-state index is 13.5. The van der Waals surface area contributed by atoms with Crippen LogP contribution < -0.4 is 9.96 Å². The third kappa shape index (κ3) is 3.47. The summed E-state index contributed by atoms with van der Waals surface area (Å²) in [6, 6.07) is 20.2. The molecule has 2 aliphatic rings. The maximum atomic E-state index is 13.5. The molecule has 2 aliphatic heterocycles. The zero-order valence-corrected chi connectivity index (χ0v) is 17.5. The van der Waals surface area contributed by atoms with Crippen LogP contribution in [0, 0.1) is 12.8 Å². The number of hydrogen-bond acceptors (Lipinski definition) is 4. The lowest BCUT2D eigenvalue weighted by Crippen LogP contribution is -2.37. The van der Waals surface area contributed by atoms with Crippen LogP contribution in [0.5, 0.6) is 0 Å². The van der Waals surface area contributed by atoms with Crippen molar-refractivity contribution in [2.45, 2.75) is 25.2 Å². The van der Waals surface area contributed by atoms with Crippen LogP contribution >= 0.6 is 0 Å². The van der Waals surface area contributed by atoms with Gasteiger partial charge in [0.25, 0.3) is 5.91 Å². The molecule has 168 valence electrons. The second kappa shape index (κ2) is 7.74. The molecule has 0 radical (unpaired) electrons. The van der Waals surface area contributed by atoms with Gasteiger partial charge in [-0.1, -0.05) is 48.5 Å². The molecule has 0 spiro atoms. The fourth-order valence-electron chi connectivity index (χ4n) is 4.52. The highest BCUT2D eigenvalue weighted by atomic mass is 19.4. The van der Waals surface area contributed by atoms with Crippen molar-refractivity contribution < 1.29 is 27.6 Å². The minimum Gasteiger partial charge on any atom is -0.273 e. The van der Waals surface area contributed by atoms with Crippen LogP contribution in [0.1, 0.15) is 22.7 Å². The molecule has 8 heteroatoms. The third-order valence-corrected chi connectivity index (χ3v) is 6.06. The molecule has 0 N–H and O–H groups in total. The predicted octanol–water partition coefficient (Wildman–Crippen LogP) is 5.06. The Balaban J connectivity index is 1.59. The van der Waals surface area contributed by atoms with Crippen molar-refractivity contribution in [3.05, 3.63) is 95.6 Å². The monoisotopic (exact) mass is 452 g/mol. The fraction of sp³-hybridized carbons (Fsp3) is 0.200. The van der Waals surface area contributed by atoms with Gasteiger partial charge in [0.15, 0.2) is 6.10 Å². The van der Waals surface area contributed by atoms with Crippen LogP contribution in [0.4, 0.5) is 24.5 Å². The summed E-state index contributed by atoms with van der Waals surface area (Å²) in [5.41, 5.74) is 1.34. The Morgan fingerprint density at radius 3 is 2.18 bits per heavy atom. The number of benzene rings is 3. The number of alkyl halides is 3. The third-order valence-electron chi connectivity index (χ3n) is 6.06. The maximum Gasteiger partial charge on any atom is 0.416 e. The van der Waals surface area contributed by atoms with Gasteiger partial charge in [0.2, 0.25) is 5.91 Å². The molecular formula is C25H19F3N2O3. The number of carbonyl (C=O) groups excluding carboxylic acids is 2. The van der Waals surface area contributed by atoms with Gasteiger partial charge in [-0.25, -0.2) is 9.96 Å². The number of amides is 2. The molecule has 3 aromatic rings. The first-order chi connectivity index (χ1) is 15.8. The van der Waals surface area contributed by atoms with Crippen molar-refractivity contribution in [2.24, 2.45) is 5.92 Å². The van der Waals surface area contributed by atoms with E-state index < -0.39 is 41.6 Å². The van der Waals surface area contributed by atoms with Gasteiger partial charge in [-0.3, -0.25) is 14.4 Å². The van der Waals surface area contributed by atoms with Crippen LogP contribution in [0.3, 0.4) is 0 Å². The van der Waals surface area contributed by atoms with E-state index in [1.165, 1.54) is 12.1 Å². The molecule has 5 nitrogen and oxygen atoms in total. The van der Waals surface area contributed by atoms with E-state index in [0.29, 0.717) is 5.69 Å². The van der Waals surface area contributed by atoms with Crippen LogP contribution in [0.25, 0.3) is 0 Å². The number of rotatable bonds is 3. The lowest BCUT2D eigenvalue weighted by atomic mass is 9.88. The average molecular weight is 452 g/mol. The summed E-state index contributed by atoms with van der Waals surface area (Å²) in [5.74, 6) is -2.18. The first kappa shape index (κ1) is 21.2. The van der Waals surface area contributed by atoms with Crippen LogP contribution in [0.15, 0.2) is 78.9 Å². The first-order valence-electron chi connectivity index (χ1n) is 10.4. The van der Waals surface area contributed by atoms with Crippen molar-refractivity contribution in [2.75, 3.05) is 9.96 Å². The highest BCUT2D eigenvalue weighted by molar-refractivity contribution is 6.24. The van der Waals surface area contributed by atoms with E-state index in [1.807, 2.05) is 61.5 Å². The molecule has 0 aliphatic carbocycles. The summed E-state index contributed by atoms with van der Waals surface area (Å²) in [5, 5.41) is 1.57. The van der Waals surface area contributed by atoms with E-state index >= 15 is 0 Å². The van der Waals surface area contributed by atoms with E-state index in [-0.39, 0.29) is 5.69 Å². The molecule has 5 rings (SSSR count). The zero-order chi connectivity index (χ0) is 23.3. The molecule has 0 bridgehead atoms. The van der Waals surface area contributed by atoms with E-state index in [1.54, 1.807) is 5.06 Å². The Morgan fingerprint density at radius 2 is 1.48 bits per heavy atom. The lowest BCUT2D eigenvalue weighted by molar-refractivity contribution is -0.137. The van der Waals surface area contributed by atoms with Gasteiger partial charge in [0, 0.05) is 0 Å². The second-order valence-electron chi connectivity index (χ2n) is 8.07. The van der Waals surface area contributed by atoms with Gasteiger partial charge >= 0.3 is 6.18 Å². The fourth-order valence-corrected chi connectivity index (χ4v) is 4.52. The molecule has 3 aromatic carbocycles. The predicted molar refractivity (Wildman–Crippen MR) is 115 cm³/mol. The van der Waals surface area contributed by atoms with Gasteiger partial charge in [-0.05, 0) is 48.4 Å². The Hall–Kier alpha value is -3.65. The number of nitrogens with zero attached hydrogens (tertiary/aromatic N) is 2. The van der Waals surface area contributed by atoms with Crippen molar-refractivity contribution in [3.8, 4) is 0 Å². The standard InChI is InChI=1S/C25H19F3N2O3/c1-15-8-5-6-13-19(15)21-20-22(33-30(21)17-10-3-2-4-11-17)24(32)29(23(20)31)18-12-7-9-16(14-18)25(26,27)28/h2-14,20-22H,1H3/t20-,21-,22+/m0/s1. The molecule has 0 unspecified atom stereocenters. The number of halogens is 3. The number of anilines is 2. The Kier molecular flexibility index (Phi) is 4.97. The zero-order valence-electron chi connectivity index (χ0n) is 17.5. The molecular weight excluding hydrogens is 433 g/mol. The molecule has 0 aromatic heterocycles. The topological polar surface area (TPSA) is 49.9 Å². The minimum atomic E-state index is -4.60. The summed E-state index contributed by atoms with van der Waals surface area (Å²) in [6.07, 6.45) is -5.74. The second-order valence-corrected chi connectivity index (χ2v) is 8.07. The van der Waals surface area contributed by atoms with E-state index in [4.69, 9.17) is 4.84 Å². The summed E-state index contributed by atoms with van der Waals surface area (Å²) >= 11 is 0. The largest absolute Gasteiger partial charge is 0.416 e. The first-order valence-corrected chi connectivity index (χ1v) is 10.4. The van der Waals surface area contributed by atoms with Crippen molar-refractivity contribution in [1.82, 2.24) is 0 Å². The van der Waals surface area contributed by atoms with Crippen LogP contribution in [0.2, 0.25) is 0 Å². The molecule has 2 saturated heterocycles. The highest BCUT2D eigenvalue weighted by Crippen LogP contribution is 2.48. The van der Waals surface area contributed by atoms with Gasteiger partial charge < -0.3 is 0 Å². The number of hydroxylamine groups is 1. The molecule has 2 amide bonds. The van der Waals surface area contributed by atoms with Crippen LogP contribution in [-0.2, 0) is 20.6 Å². The SMILES string of the molecule is Cc1ccccc1[C@H]1[C@@H]2C(=O)N(c3cccc(C(F)(F)F)c3)C(=O)[C@@H]2ON1c1ccccc1. The number of para-hydroxylation sites is 1. The average Bonchev–Trinajstić information content (AvgIpc) is 3.30. The summed E-state index contributed by atoms with van der Waals surface area (Å²) < 4.78 is 39.7. The van der Waals surface area contributed by atoms with Crippen molar-refractivity contribution in [1.29, 1.82) is 0 Å². The summed E-state index contributed by atoms with van der Waals surface area (Å²) in [6.45, 7) is 1.90. The number of fused-ring (bicyclic) bond motifs is 1. The van der Waals surface area contributed by atoms with E-state index in [9.17, 15) is 22.8 Å². The van der Waals surface area contributed by atoms with Crippen LogP contribution in [-0.4, -0.2) is 17.9 Å². The van der Waals surface area contributed by atoms with Gasteiger partial charge in [-0.2, -0.15) is 13.2 Å². The van der Waals surface area contributed by atoms with Gasteiger partial charge in [0.05, 0.1) is 23.0 Å². The molecule has 3 atom stereocenters. The van der Waals surface area contributed by atoms with Crippen molar-refractivity contribution in [3.63, 3.8) is 0 Å². The summed E-state index contributed by atoms with van der Waals surface area (Å²) in [4.78, 5) is 33.7. The normalized spacial score (nSPS) is 22.7. The highest BCUT2D eigenvalue weighted by Gasteiger charge is 2.60. The van der Waals surface area contributed by atoms with Crippen molar-refractivity contribution >= 4 is 23.2 Å². The number of hydrogen-bond donors (Lipinski definition) is 0. The number of imide groups is 1. The smallest absolute Gasteiger partial charge is 0.273 e. The molecule has 33 heavy (non-hydrogen) atoms. The number of carbonyl (C=O) groups is 2. The summed E-state index contributed by atoms with van der Waals surface area (Å²) in [7, 11) is 0. The van der Waals surface area contributed by atoms with E-state index in [0.717, 1.165) is 28.2 Å². The minimum absolute atomic E-state index is 0.118. The quantitative estimate of drug-likeness (QED) is 0.521. The molecule has 2 fully saturated rings. The lowest BCUT2D eigenvalue weighted by Gasteiger charge is -2.29. The number of aryl methyl sites for hydroxylation is 1. The molecule has 2 heterocycles. The Morgan fingerprint density at radius 1 is 0.818 bits per heavy atom. The Bertz CT molecular complexity index is 1230.